The molecule has 2 nitrogen and oxygen atoms in total. The molecule has 0 amide bonds. The van der Waals surface area contributed by atoms with E-state index in [0.717, 1.165) is 0 Å². The van der Waals surface area contributed by atoms with Crippen LogP contribution in [0.3, 0.4) is 0 Å². The van der Waals surface area contributed by atoms with Crippen molar-refractivity contribution < 1.29 is 0 Å². The molecule has 0 aromatic carbocycles. The average molecular weight is 244 g/mol. The van der Waals surface area contributed by atoms with Crippen LogP contribution < -0.4 is 0 Å². The summed E-state index contributed by atoms with van der Waals surface area (Å²) in [5.41, 5.74) is 3.99. The Kier molecular flexibility index (Phi) is 3.22. The molecular formula is C16H24N2. The average Bonchev–Trinajstić information content (AvgIpc) is 2.66. The quantitative estimate of drug-likeness (QED) is 0.765. The van der Waals surface area contributed by atoms with E-state index in [1.54, 1.807) is 0 Å². The maximum Gasteiger partial charge on any atom is 0.0723 e. The number of fused-ring (bicyclic) bond motifs is 1. The molecule has 2 heterocycles. The van der Waals surface area contributed by atoms with E-state index in [4.69, 9.17) is 5.10 Å². The molecule has 0 bridgehead atoms. The number of pyridine rings is 1. The van der Waals surface area contributed by atoms with E-state index in [1.165, 1.54) is 16.8 Å². The summed E-state index contributed by atoms with van der Waals surface area (Å²) in [5, 5.41) is 4.80. The number of aromatic nitrogens is 2. The highest BCUT2D eigenvalue weighted by molar-refractivity contribution is 5.59. The monoisotopic (exact) mass is 244 g/mol. The lowest BCUT2D eigenvalue weighted by molar-refractivity contribution is 0.505. The van der Waals surface area contributed by atoms with Gasteiger partial charge in [0.2, 0.25) is 0 Å². The van der Waals surface area contributed by atoms with Crippen molar-refractivity contribution in [1.29, 1.82) is 0 Å². The van der Waals surface area contributed by atoms with Gasteiger partial charge < -0.3 is 0 Å². The first-order valence-electron chi connectivity index (χ1n) is 6.80. The molecule has 18 heavy (non-hydrogen) atoms. The molecule has 0 aliphatic rings. The highest BCUT2D eigenvalue weighted by Gasteiger charge is 2.27. The summed E-state index contributed by atoms with van der Waals surface area (Å²) in [6, 6.07) is 6.31. The topological polar surface area (TPSA) is 17.3 Å². The molecule has 0 saturated carbocycles. The van der Waals surface area contributed by atoms with E-state index in [2.05, 4.69) is 53.7 Å². The third kappa shape index (κ3) is 2.16. The van der Waals surface area contributed by atoms with Crippen molar-refractivity contribution in [2.75, 3.05) is 0 Å². The van der Waals surface area contributed by atoms with Crippen molar-refractivity contribution in [2.24, 2.45) is 5.92 Å². The minimum Gasteiger partial charge on any atom is -0.240 e. The number of rotatable bonds is 2. The molecule has 0 spiro atoms. The minimum atomic E-state index is 0.0878. The fourth-order valence-corrected chi connectivity index (χ4v) is 2.35. The lowest BCUT2D eigenvalue weighted by Gasteiger charge is -2.22. The van der Waals surface area contributed by atoms with E-state index in [0.29, 0.717) is 11.8 Å². The van der Waals surface area contributed by atoms with Gasteiger partial charge in [-0.3, -0.25) is 0 Å². The summed E-state index contributed by atoms with van der Waals surface area (Å²) >= 11 is 0. The first kappa shape index (κ1) is 13.1. The lowest BCUT2D eigenvalue weighted by atomic mass is 9.81. The second-order valence-corrected chi connectivity index (χ2v) is 6.58. The molecular weight excluding hydrogens is 220 g/mol. The number of hydrogen-bond acceptors (Lipinski definition) is 1. The Bertz CT molecular complexity index is 544. The SMILES string of the molecule is CC(C)C(C)c1c(C(C)(C)C)nn2ccccc12. The second-order valence-electron chi connectivity index (χ2n) is 6.58. The zero-order valence-electron chi connectivity index (χ0n) is 12.4. The highest BCUT2D eigenvalue weighted by Crippen LogP contribution is 2.35. The van der Waals surface area contributed by atoms with Crippen LogP contribution in [0.2, 0.25) is 0 Å². The molecule has 0 saturated heterocycles. The van der Waals surface area contributed by atoms with Crippen LogP contribution in [-0.2, 0) is 5.41 Å². The smallest absolute Gasteiger partial charge is 0.0723 e. The zero-order chi connectivity index (χ0) is 13.5. The Hall–Kier alpha value is -1.31. The van der Waals surface area contributed by atoms with Gasteiger partial charge in [0.1, 0.15) is 0 Å². The van der Waals surface area contributed by atoms with Crippen molar-refractivity contribution in [3.05, 3.63) is 35.7 Å². The van der Waals surface area contributed by atoms with Crippen molar-refractivity contribution in [1.82, 2.24) is 9.61 Å². The van der Waals surface area contributed by atoms with Crippen LogP contribution in [0.15, 0.2) is 24.4 Å². The summed E-state index contributed by atoms with van der Waals surface area (Å²) in [7, 11) is 0. The predicted molar refractivity (Wildman–Crippen MR) is 77.1 cm³/mol. The van der Waals surface area contributed by atoms with Crippen LogP contribution in [0.1, 0.15) is 58.7 Å². The molecule has 1 unspecified atom stereocenters. The molecule has 0 fully saturated rings. The van der Waals surface area contributed by atoms with Gasteiger partial charge in [0.15, 0.2) is 0 Å². The van der Waals surface area contributed by atoms with Gasteiger partial charge in [0, 0.05) is 17.2 Å². The van der Waals surface area contributed by atoms with E-state index >= 15 is 0 Å². The maximum absolute atomic E-state index is 4.80. The molecule has 0 radical (unpaired) electrons. The Balaban J connectivity index is 2.73. The first-order valence-corrected chi connectivity index (χ1v) is 6.80. The fraction of sp³-hybridized carbons (Fsp3) is 0.562. The number of hydrogen-bond donors (Lipinski definition) is 0. The Morgan fingerprint density at radius 2 is 1.78 bits per heavy atom. The normalized spacial score (nSPS) is 14.4. The van der Waals surface area contributed by atoms with E-state index < -0.39 is 0 Å². The van der Waals surface area contributed by atoms with Crippen molar-refractivity contribution >= 4 is 5.52 Å². The van der Waals surface area contributed by atoms with Crippen LogP contribution in [0.5, 0.6) is 0 Å². The summed E-state index contributed by atoms with van der Waals surface area (Å²) in [4.78, 5) is 0. The summed E-state index contributed by atoms with van der Waals surface area (Å²) in [5.74, 6) is 1.15. The number of nitrogens with zero attached hydrogens (tertiary/aromatic N) is 2. The highest BCUT2D eigenvalue weighted by atomic mass is 15.2. The Morgan fingerprint density at radius 3 is 2.33 bits per heavy atom. The molecule has 0 aliphatic heterocycles. The largest absolute Gasteiger partial charge is 0.240 e. The van der Waals surface area contributed by atoms with Crippen LogP contribution in [-0.4, -0.2) is 9.61 Å². The molecule has 98 valence electrons. The Labute approximate surface area is 110 Å². The third-order valence-electron chi connectivity index (χ3n) is 3.74. The van der Waals surface area contributed by atoms with Gasteiger partial charge in [-0.25, -0.2) is 4.52 Å². The van der Waals surface area contributed by atoms with Crippen LogP contribution >= 0.6 is 0 Å². The molecule has 1 atom stereocenters. The third-order valence-corrected chi connectivity index (χ3v) is 3.74. The standard InChI is InChI=1S/C16H24N2/c1-11(2)12(3)14-13-9-7-8-10-18(13)17-15(14)16(4,5)6/h7-12H,1-6H3. The summed E-state index contributed by atoms with van der Waals surface area (Å²) in [6.45, 7) is 13.6. The second kappa shape index (κ2) is 4.42. The van der Waals surface area contributed by atoms with E-state index in [1.807, 2.05) is 16.8 Å². The van der Waals surface area contributed by atoms with Crippen LogP contribution in [0.4, 0.5) is 0 Å². The van der Waals surface area contributed by atoms with Gasteiger partial charge in [0.25, 0.3) is 0 Å². The zero-order valence-corrected chi connectivity index (χ0v) is 12.4. The van der Waals surface area contributed by atoms with Gasteiger partial charge in [-0.15, -0.1) is 0 Å². The summed E-state index contributed by atoms with van der Waals surface area (Å²) < 4.78 is 2.02. The van der Waals surface area contributed by atoms with Gasteiger partial charge in [-0.05, 0) is 24.0 Å². The van der Waals surface area contributed by atoms with E-state index in [-0.39, 0.29) is 5.41 Å². The van der Waals surface area contributed by atoms with Gasteiger partial charge in [-0.2, -0.15) is 5.10 Å². The van der Waals surface area contributed by atoms with Crippen molar-refractivity contribution in [3.63, 3.8) is 0 Å². The van der Waals surface area contributed by atoms with Gasteiger partial charge in [-0.1, -0.05) is 47.6 Å². The molecule has 2 rings (SSSR count). The Morgan fingerprint density at radius 1 is 1.11 bits per heavy atom. The van der Waals surface area contributed by atoms with Crippen LogP contribution in [0, 0.1) is 5.92 Å². The van der Waals surface area contributed by atoms with E-state index in [9.17, 15) is 0 Å². The molecule has 0 N–H and O–H groups in total. The molecule has 2 heteroatoms. The molecule has 0 aliphatic carbocycles. The van der Waals surface area contributed by atoms with Crippen LogP contribution in [0.25, 0.3) is 5.52 Å². The molecule has 2 aromatic heterocycles. The predicted octanol–water partition coefficient (Wildman–Crippen LogP) is 4.39. The van der Waals surface area contributed by atoms with Gasteiger partial charge >= 0.3 is 0 Å². The minimum absolute atomic E-state index is 0.0878. The fourth-order valence-electron chi connectivity index (χ4n) is 2.35. The lowest BCUT2D eigenvalue weighted by Crippen LogP contribution is -2.16. The van der Waals surface area contributed by atoms with Crippen molar-refractivity contribution in [3.8, 4) is 0 Å². The first-order chi connectivity index (χ1) is 8.32. The molecule has 2 aromatic rings. The maximum atomic E-state index is 4.80. The summed E-state index contributed by atoms with van der Waals surface area (Å²) in [6.07, 6.45) is 2.04. The van der Waals surface area contributed by atoms with Crippen molar-refractivity contribution in [2.45, 2.75) is 52.9 Å². The van der Waals surface area contributed by atoms with Gasteiger partial charge in [0.05, 0.1) is 11.2 Å².